The monoisotopic (exact) mass is 383 g/mol. The molecular weight excluding hydrogens is 362 g/mol. The summed E-state index contributed by atoms with van der Waals surface area (Å²) in [4.78, 5) is 16.3. The summed E-state index contributed by atoms with van der Waals surface area (Å²) in [5.74, 6) is 1.66. The Morgan fingerprint density at radius 1 is 1.36 bits per heavy atom. The number of aromatic nitrogens is 1. The van der Waals surface area contributed by atoms with Crippen LogP contribution < -0.4 is 10.6 Å². The Morgan fingerprint density at radius 3 is 2.88 bits per heavy atom. The third-order valence-electron chi connectivity index (χ3n) is 3.92. The van der Waals surface area contributed by atoms with Crippen LogP contribution in [0.25, 0.3) is 11.5 Å². The molecule has 136 valence electrons. The molecule has 0 radical (unpaired) electrons. The average molecular weight is 384 g/mol. The molecule has 1 aliphatic rings. The van der Waals surface area contributed by atoms with Crippen molar-refractivity contribution in [2.75, 3.05) is 25.4 Å². The third-order valence-corrected chi connectivity index (χ3v) is 4.89. The highest BCUT2D eigenvalue weighted by molar-refractivity contribution is 7.99. The molecule has 0 bridgehead atoms. The van der Waals surface area contributed by atoms with Gasteiger partial charge in [0, 0.05) is 36.9 Å². The second-order valence-electron chi connectivity index (χ2n) is 5.79. The Balaban J connectivity index is 0.00000225. The first kappa shape index (κ1) is 19.8. The normalized spacial score (nSPS) is 19.4. The lowest BCUT2D eigenvalue weighted by molar-refractivity contribution is -0.118. The number of hydrogen-bond acceptors (Lipinski definition) is 6. The van der Waals surface area contributed by atoms with Crippen molar-refractivity contribution in [3.8, 4) is 11.5 Å². The number of thioether (sulfide) groups is 1. The molecule has 1 fully saturated rings. The minimum atomic E-state index is -0.371. The number of rotatable bonds is 7. The summed E-state index contributed by atoms with van der Waals surface area (Å²) in [5, 5.41) is 15.7. The number of carbonyl (C=O) groups is 1. The molecule has 1 aromatic heterocycles. The molecule has 1 aromatic carbocycles. The Kier molecular flexibility index (Phi) is 7.77. The highest BCUT2D eigenvalue weighted by atomic mass is 35.5. The van der Waals surface area contributed by atoms with Crippen LogP contribution in [0.3, 0.4) is 0 Å². The van der Waals surface area contributed by atoms with Crippen molar-refractivity contribution in [3.05, 3.63) is 42.3 Å². The van der Waals surface area contributed by atoms with E-state index in [9.17, 15) is 9.90 Å². The van der Waals surface area contributed by atoms with Gasteiger partial charge in [0.1, 0.15) is 6.26 Å². The van der Waals surface area contributed by atoms with Gasteiger partial charge in [-0.3, -0.25) is 4.79 Å². The number of nitrogens with zero attached hydrogens (tertiary/aromatic N) is 1. The highest BCUT2D eigenvalue weighted by Crippen LogP contribution is 2.20. The van der Waals surface area contributed by atoms with Gasteiger partial charge >= 0.3 is 0 Å². The zero-order valence-corrected chi connectivity index (χ0v) is 15.3. The Hall–Kier alpha value is -1.54. The summed E-state index contributed by atoms with van der Waals surface area (Å²) in [7, 11) is 0. The van der Waals surface area contributed by atoms with Gasteiger partial charge in [-0.15, -0.1) is 24.2 Å². The summed E-state index contributed by atoms with van der Waals surface area (Å²) in [6.07, 6.45) is 1.26. The molecule has 2 heterocycles. The lowest BCUT2D eigenvalue weighted by Crippen LogP contribution is -2.35. The first-order chi connectivity index (χ1) is 11.7. The van der Waals surface area contributed by atoms with Crippen molar-refractivity contribution in [2.24, 2.45) is 5.92 Å². The minimum absolute atomic E-state index is 0. The van der Waals surface area contributed by atoms with E-state index in [2.05, 4.69) is 15.6 Å². The molecule has 0 aliphatic carbocycles. The largest absolute Gasteiger partial charge is 0.444 e. The fourth-order valence-electron chi connectivity index (χ4n) is 2.56. The van der Waals surface area contributed by atoms with E-state index >= 15 is 0 Å². The molecular formula is C17H22ClN3O3S. The van der Waals surface area contributed by atoms with E-state index < -0.39 is 0 Å². The SMILES string of the molecule is Cl.O=C(CSCc1coc(-c2ccccc2)n1)NCC1CNCC1O. The number of amides is 1. The molecule has 3 N–H and O–H groups in total. The molecule has 2 atom stereocenters. The second-order valence-corrected chi connectivity index (χ2v) is 6.78. The fourth-order valence-corrected chi connectivity index (χ4v) is 3.29. The van der Waals surface area contributed by atoms with E-state index in [1.165, 1.54) is 11.8 Å². The summed E-state index contributed by atoms with van der Waals surface area (Å²) in [5.41, 5.74) is 1.76. The van der Waals surface area contributed by atoms with Gasteiger partial charge in [0.2, 0.25) is 11.8 Å². The molecule has 2 aromatic rings. The van der Waals surface area contributed by atoms with Crippen molar-refractivity contribution < 1.29 is 14.3 Å². The molecule has 25 heavy (non-hydrogen) atoms. The van der Waals surface area contributed by atoms with Crippen LogP contribution in [0, 0.1) is 5.92 Å². The topological polar surface area (TPSA) is 87.4 Å². The van der Waals surface area contributed by atoms with Crippen LogP contribution in [0.2, 0.25) is 0 Å². The van der Waals surface area contributed by atoms with Gasteiger partial charge in [0.15, 0.2) is 0 Å². The van der Waals surface area contributed by atoms with Crippen LogP contribution in [0.4, 0.5) is 0 Å². The Bertz CT molecular complexity index is 668. The van der Waals surface area contributed by atoms with Gasteiger partial charge in [-0.05, 0) is 12.1 Å². The van der Waals surface area contributed by atoms with E-state index in [1.807, 2.05) is 30.3 Å². The van der Waals surface area contributed by atoms with E-state index in [-0.39, 0.29) is 30.3 Å². The molecule has 0 spiro atoms. The van der Waals surface area contributed by atoms with E-state index in [4.69, 9.17) is 4.42 Å². The maximum atomic E-state index is 11.8. The summed E-state index contributed by atoms with van der Waals surface area (Å²) < 4.78 is 5.48. The van der Waals surface area contributed by atoms with E-state index in [0.29, 0.717) is 30.5 Å². The zero-order valence-electron chi connectivity index (χ0n) is 13.7. The minimum Gasteiger partial charge on any atom is -0.444 e. The summed E-state index contributed by atoms with van der Waals surface area (Å²) in [6.45, 7) is 1.86. The second kappa shape index (κ2) is 9.82. The number of nitrogens with one attached hydrogen (secondary N) is 2. The standard InChI is InChI=1S/C17H21N3O3S.ClH/c21-15-8-18-6-13(15)7-19-16(22)11-24-10-14-9-23-17(20-14)12-4-2-1-3-5-12;/h1-5,9,13,15,18,21H,6-8,10-11H2,(H,19,22);1H. The van der Waals surface area contributed by atoms with Crippen LogP contribution in [0.1, 0.15) is 5.69 Å². The average Bonchev–Trinajstić information content (AvgIpc) is 3.23. The van der Waals surface area contributed by atoms with E-state index in [1.54, 1.807) is 6.26 Å². The quantitative estimate of drug-likeness (QED) is 0.674. The number of benzene rings is 1. The van der Waals surface area contributed by atoms with Crippen molar-refractivity contribution in [1.82, 2.24) is 15.6 Å². The third kappa shape index (κ3) is 5.74. The number of carbonyl (C=O) groups excluding carboxylic acids is 1. The van der Waals surface area contributed by atoms with Crippen molar-refractivity contribution >= 4 is 30.1 Å². The number of β-amino-alcohol motifs (C(OH)–C–C–N with tert-alkyl or cyclic N) is 1. The summed E-state index contributed by atoms with van der Waals surface area (Å²) in [6, 6.07) is 9.72. The van der Waals surface area contributed by atoms with Crippen molar-refractivity contribution in [1.29, 1.82) is 0 Å². The van der Waals surface area contributed by atoms with Gasteiger partial charge in [-0.2, -0.15) is 0 Å². The maximum absolute atomic E-state index is 11.8. The van der Waals surface area contributed by atoms with Crippen LogP contribution in [0.5, 0.6) is 0 Å². The van der Waals surface area contributed by atoms with Crippen LogP contribution in [-0.2, 0) is 10.5 Å². The summed E-state index contributed by atoms with van der Waals surface area (Å²) >= 11 is 1.49. The lowest BCUT2D eigenvalue weighted by Gasteiger charge is -2.13. The lowest BCUT2D eigenvalue weighted by atomic mass is 10.1. The highest BCUT2D eigenvalue weighted by Gasteiger charge is 2.24. The van der Waals surface area contributed by atoms with Gasteiger partial charge in [-0.1, -0.05) is 18.2 Å². The molecule has 1 saturated heterocycles. The van der Waals surface area contributed by atoms with Crippen molar-refractivity contribution in [2.45, 2.75) is 11.9 Å². The smallest absolute Gasteiger partial charge is 0.230 e. The number of aliphatic hydroxyl groups is 1. The van der Waals surface area contributed by atoms with Crippen molar-refractivity contribution in [3.63, 3.8) is 0 Å². The Morgan fingerprint density at radius 2 is 2.16 bits per heavy atom. The molecule has 2 unspecified atom stereocenters. The number of oxazole rings is 1. The van der Waals surface area contributed by atoms with Gasteiger partial charge in [-0.25, -0.2) is 4.98 Å². The van der Waals surface area contributed by atoms with Crippen LogP contribution in [-0.4, -0.2) is 47.5 Å². The zero-order chi connectivity index (χ0) is 16.8. The molecule has 3 rings (SSSR count). The molecule has 0 saturated carbocycles. The van der Waals surface area contributed by atoms with Gasteiger partial charge in [0.05, 0.1) is 17.6 Å². The molecule has 6 nitrogen and oxygen atoms in total. The predicted molar refractivity (Wildman–Crippen MR) is 101 cm³/mol. The van der Waals surface area contributed by atoms with Gasteiger partial charge in [0.25, 0.3) is 0 Å². The molecule has 8 heteroatoms. The van der Waals surface area contributed by atoms with Gasteiger partial charge < -0.3 is 20.2 Å². The molecule has 1 aliphatic heterocycles. The van der Waals surface area contributed by atoms with Crippen LogP contribution >= 0.6 is 24.2 Å². The Labute approximate surface area is 157 Å². The van der Waals surface area contributed by atoms with E-state index in [0.717, 1.165) is 17.8 Å². The first-order valence-electron chi connectivity index (χ1n) is 7.95. The number of halogens is 1. The maximum Gasteiger partial charge on any atom is 0.230 e. The molecule has 1 amide bonds. The van der Waals surface area contributed by atoms with Crippen LogP contribution in [0.15, 0.2) is 41.0 Å². The first-order valence-corrected chi connectivity index (χ1v) is 9.11. The number of aliphatic hydroxyl groups excluding tert-OH is 1. The number of hydrogen-bond donors (Lipinski definition) is 3. The predicted octanol–water partition coefficient (Wildman–Crippen LogP) is 1.69. The fraction of sp³-hybridized carbons (Fsp3) is 0.412.